The second kappa shape index (κ2) is 6.67. The molecule has 0 aliphatic carbocycles. The third-order valence-electron chi connectivity index (χ3n) is 2.97. The fourth-order valence-corrected chi connectivity index (χ4v) is 2.26. The summed E-state index contributed by atoms with van der Waals surface area (Å²) in [6, 6.07) is 3.38. The highest BCUT2D eigenvalue weighted by Crippen LogP contribution is 2.16. The molecule has 2 aromatic rings. The smallest absolute Gasteiger partial charge is 0.252 e. The Morgan fingerprint density at radius 2 is 2.24 bits per heavy atom. The number of benzene rings is 1. The molecule has 1 atom stereocenters. The Labute approximate surface area is 127 Å². The molecular formula is C14H16ClFN4O. The third-order valence-corrected chi connectivity index (χ3v) is 3.19. The molecule has 2 rings (SSSR count). The molecule has 0 spiro atoms. The van der Waals surface area contributed by atoms with E-state index in [1.807, 2.05) is 11.5 Å². The Kier molecular flexibility index (Phi) is 4.90. The molecule has 1 aromatic carbocycles. The average molecular weight is 311 g/mol. The van der Waals surface area contributed by atoms with E-state index in [2.05, 4.69) is 15.5 Å². The first-order valence-corrected chi connectivity index (χ1v) is 7.03. The van der Waals surface area contributed by atoms with Crippen LogP contribution in [0.25, 0.3) is 0 Å². The molecule has 1 aromatic heterocycles. The zero-order chi connectivity index (χ0) is 15.4. The summed E-state index contributed by atoms with van der Waals surface area (Å²) >= 11 is 5.75. The Morgan fingerprint density at radius 3 is 2.90 bits per heavy atom. The van der Waals surface area contributed by atoms with Gasteiger partial charge >= 0.3 is 0 Å². The summed E-state index contributed by atoms with van der Waals surface area (Å²) in [5.74, 6) is -0.294. The van der Waals surface area contributed by atoms with Crippen molar-refractivity contribution >= 4 is 17.5 Å². The van der Waals surface area contributed by atoms with Crippen LogP contribution < -0.4 is 5.32 Å². The van der Waals surface area contributed by atoms with Crippen LogP contribution in [0, 0.1) is 5.82 Å². The van der Waals surface area contributed by atoms with Crippen LogP contribution in [0.3, 0.4) is 0 Å². The number of hydrogen-bond donors (Lipinski definition) is 1. The predicted octanol–water partition coefficient (Wildman–Crippen LogP) is 2.97. The molecule has 0 saturated carbocycles. The van der Waals surface area contributed by atoms with Gasteiger partial charge in [0.15, 0.2) is 5.82 Å². The summed E-state index contributed by atoms with van der Waals surface area (Å²) in [6.45, 7) is 4.62. The van der Waals surface area contributed by atoms with Crippen molar-refractivity contribution in [1.82, 2.24) is 20.1 Å². The van der Waals surface area contributed by atoms with Crippen LogP contribution in [0.5, 0.6) is 0 Å². The SMILES string of the molecule is CCCn1cnnc1[C@@H](C)NC(=O)c1cc(F)cc(Cl)c1. The van der Waals surface area contributed by atoms with E-state index in [-0.39, 0.29) is 16.6 Å². The second-order valence-corrected chi connectivity index (χ2v) is 5.17. The molecule has 0 unspecified atom stereocenters. The summed E-state index contributed by atoms with van der Waals surface area (Å²) in [6.07, 6.45) is 2.56. The van der Waals surface area contributed by atoms with E-state index in [4.69, 9.17) is 11.6 Å². The number of carbonyl (C=O) groups excluding carboxylic acids is 1. The van der Waals surface area contributed by atoms with Crippen molar-refractivity contribution in [3.8, 4) is 0 Å². The lowest BCUT2D eigenvalue weighted by molar-refractivity contribution is 0.0937. The van der Waals surface area contributed by atoms with Crippen LogP contribution in [0.2, 0.25) is 5.02 Å². The first-order valence-electron chi connectivity index (χ1n) is 6.66. The van der Waals surface area contributed by atoms with E-state index >= 15 is 0 Å². The largest absolute Gasteiger partial charge is 0.342 e. The normalized spacial score (nSPS) is 12.2. The van der Waals surface area contributed by atoms with Gasteiger partial charge in [0.1, 0.15) is 12.1 Å². The monoisotopic (exact) mass is 310 g/mol. The van der Waals surface area contributed by atoms with E-state index in [1.54, 1.807) is 13.3 Å². The van der Waals surface area contributed by atoms with E-state index in [9.17, 15) is 9.18 Å². The zero-order valence-corrected chi connectivity index (χ0v) is 12.6. The van der Waals surface area contributed by atoms with Crippen LogP contribution >= 0.6 is 11.6 Å². The van der Waals surface area contributed by atoms with Gasteiger partial charge in [-0.05, 0) is 31.5 Å². The number of halogens is 2. The van der Waals surface area contributed by atoms with Crippen LogP contribution in [0.15, 0.2) is 24.5 Å². The maximum atomic E-state index is 13.3. The Morgan fingerprint density at radius 1 is 1.48 bits per heavy atom. The molecule has 21 heavy (non-hydrogen) atoms. The van der Waals surface area contributed by atoms with E-state index in [0.29, 0.717) is 5.82 Å². The Bertz CT molecular complexity index is 623. The van der Waals surface area contributed by atoms with E-state index in [0.717, 1.165) is 25.1 Å². The number of aryl methyl sites for hydroxylation is 1. The fraction of sp³-hybridized carbons (Fsp3) is 0.357. The molecule has 1 amide bonds. The minimum atomic E-state index is -0.547. The number of amides is 1. The first-order chi connectivity index (χ1) is 10.0. The van der Waals surface area contributed by atoms with Gasteiger partial charge in [-0.1, -0.05) is 18.5 Å². The Balaban J connectivity index is 2.13. The standard InChI is InChI=1S/C14H16ClFN4O/c1-3-4-20-8-17-19-13(20)9(2)18-14(21)10-5-11(15)7-12(16)6-10/h5-9H,3-4H2,1-2H3,(H,18,21)/t9-/m1/s1. The summed E-state index contributed by atoms with van der Waals surface area (Å²) in [5.41, 5.74) is 0.174. The number of aromatic nitrogens is 3. The number of hydrogen-bond acceptors (Lipinski definition) is 3. The first kappa shape index (κ1) is 15.4. The minimum absolute atomic E-state index is 0.174. The second-order valence-electron chi connectivity index (χ2n) is 4.74. The molecule has 7 heteroatoms. The van der Waals surface area contributed by atoms with Crippen LogP contribution in [-0.2, 0) is 6.54 Å². The summed E-state index contributed by atoms with van der Waals surface area (Å²) in [4.78, 5) is 12.1. The van der Waals surface area contributed by atoms with Crippen molar-refractivity contribution < 1.29 is 9.18 Å². The summed E-state index contributed by atoms with van der Waals surface area (Å²) < 4.78 is 15.2. The maximum Gasteiger partial charge on any atom is 0.252 e. The molecule has 0 aliphatic heterocycles. The van der Waals surface area contributed by atoms with Gasteiger partial charge in [-0.3, -0.25) is 4.79 Å². The highest BCUT2D eigenvalue weighted by Gasteiger charge is 2.17. The van der Waals surface area contributed by atoms with Crippen molar-refractivity contribution in [2.45, 2.75) is 32.9 Å². The Hall–Kier alpha value is -1.95. The zero-order valence-electron chi connectivity index (χ0n) is 11.8. The molecule has 5 nitrogen and oxygen atoms in total. The van der Waals surface area contributed by atoms with Crippen LogP contribution in [0.1, 0.15) is 42.5 Å². The van der Waals surface area contributed by atoms with Gasteiger partial charge in [-0.25, -0.2) is 4.39 Å². The lowest BCUT2D eigenvalue weighted by Crippen LogP contribution is -2.28. The van der Waals surface area contributed by atoms with Gasteiger partial charge in [0.05, 0.1) is 6.04 Å². The molecule has 0 aliphatic rings. The summed E-state index contributed by atoms with van der Waals surface area (Å²) in [7, 11) is 0. The lowest BCUT2D eigenvalue weighted by atomic mass is 10.2. The van der Waals surface area contributed by atoms with Crippen molar-refractivity contribution in [2.75, 3.05) is 0 Å². The van der Waals surface area contributed by atoms with Crippen molar-refractivity contribution in [1.29, 1.82) is 0 Å². The fourth-order valence-electron chi connectivity index (χ4n) is 2.04. The van der Waals surface area contributed by atoms with E-state index in [1.165, 1.54) is 6.07 Å². The topological polar surface area (TPSA) is 59.8 Å². The number of rotatable bonds is 5. The van der Waals surface area contributed by atoms with Gasteiger partial charge in [0.25, 0.3) is 5.91 Å². The molecule has 0 saturated heterocycles. The van der Waals surface area contributed by atoms with Gasteiger partial charge in [-0.2, -0.15) is 0 Å². The molecular weight excluding hydrogens is 295 g/mol. The van der Waals surface area contributed by atoms with Gasteiger partial charge < -0.3 is 9.88 Å². The van der Waals surface area contributed by atoms with Crippen molar-refractivity contribution in [2.24, 2.45) is 0 Å². The van der Waals surface area contributed by atoms with Gasteiger partial charge in [0, 0.05) is 17.1 Å². The molecule has 1 N–H and O–H groups in total. The molecule has 112 valence electrons. The minimum Gasteiger partial charge on any atom is -0.342 e. The van der Waals surface area contributed by atoms with Crippen LogP contribution in [-0.4, -0.2) is 20.7 Å². The van der Waals surface area contributed by atoms with Crippen molar-refractivity contribution in [3.05, 3.63) is 46.8 Å². The van der Waals surface area contributed by atoms with Crippen LogP contribution in [0.4, 0.5) is 4.39 Å². The molecule has 1 heterocycles. The quantitative estimate of drug-likeness (QED) is 0.923. The maximum absolute atomic E-state index is 13.3. The third kappa shape index (κ3) is 3.78. The van der Waals surface area contributed by atoms with E-state index < -0.39 is 11.7 Å². The number of carbonyl (C=O) groups is 1. The summed E-state index contributed by atoms with van der Waals surface area (Å²) in [5, 5.41) is 10.8. The molecule has 0 bridgehead atoms. The molecule has 0 radical (unpaired) electrons. The average Bonchev–Trinajstić information content (AvgIpc) is 2.86. The van der Waals surface area contributed by atoms with Crippen molar-refractivity contribution in [3.63, 3.8) is 0 Å². The predicted molar refractivity (Wildman–Crippen MR) is 77.6 cm³/mol. The van der Waals surface area contributed by atoms with Gasteiger partial charge in [-0.15, -0.1) is 10.2 Å². The number of nitrogens with zero attached hydrogens (tertiary/aromatic N) is 3. The molecule has 0 fully saturated rings. The number of nitrogens with one attached hydrogen (secondary N) is 1. The highest BCUT2D eigenvalue weighted by atomic mass is 35.5. The van der Waals surface area contributed by atoms with Gasteiger partial charge in [0.2, 0.25) is 0 Å². The lowest BCUT2D eigenvalue weighted by Gasteiger charge is -2.14. The highest BCUT2D eigenvalue weighted by molar-refractivity contribution is 6.31.